The van der Waals surface area contributed by atoms with E-state index in [2.05, 4.69) is 9.88 Å². The summed E-state index contributed by atoms with van der Waals surface area (Å²) in [7, 11) is 0. The fourth-order valence-corrected chi connectivity index (χ4v) is 3.76. The molecular weight excluding hydrogens is 298 g/mol. The van der Waals surface area contributed by atoms with Crippen LogP contribution in [0.4, 0.5) is 0 Å². The number of amides is 1. The van der Waals surface area contributed by atoms with Crippen LogP contribution in [0.2, 0.25) is 4.47 Å². The third-order valence-electron chi connectivity index (χ3n) is 3.90. The van der Waals surface area contributed by atoms with E-state index in [0.717, 1.165) is 52.2 Å². The lowest BCUT2D eigenvalue weighted by atomic mass is 10.2. The van der Waals surface area contributed by atoms with Gasteiger partial charge in [0.05, 0.1) is 19.4 Å². The molecule has 1 unspecified atom stereocenters. The molecule has 7 heteroatoms. The predicted octanol–water partition coefficient (Wildman–Crippen LogP) is 1.73. The van der Waals surface area contributed by atoms with Crippen molar-refractivity contribution in [1.29, 1.82) is 0 Å². The Hall–Kier alpha value is -0.690. The molecule has 20 heavy (non-hydrogen) atoms. The SMILES string of the molecule is O=C(c1cnc(Cl)s1)N1CCCC1CN1CCOCC1. The van der Waals surface area contributed by atoms with Gasteiger partial charge < -0.3 is 9.64 Å². The highest BCUT2D eigenvalue weighted by atomic mass is 35.5. The van der Waals surface area contributed by atoms with Gasteiger partial charge in [0.25, 0.3) is 5.91 Å². The first kappa shape index (κ1) is 14.3. The summed E-state index contributed by atoms with van der Waals surface area (Å²) in [6, 6.07) is 0.307. The van der Waals surface area contributed by atoms with Gasteiger partial charge >= 0.3 is 0 Å². The van der Waals surface area contributed by atoms with Crippen LogP contribution in [0, 0.1) is 0 Å². The zero-order valence-electron chi connectivity index (χ0n) is 11.3. The maximum Gasteiger partial charge on any atom is 0.265 e. The third-order valence-corrected chi connectivity index (χ3v) is 5.00. The molecule has 2 fully saturated rings. The first-order chi connectivity index (χ1) is 9.74. The second-order valence-corrected chi connectivity index (χ2v) is 6.80. The molecule has 0 saturated carbocycles. The Labute approximate surface area is 127 Å². The zero-order valence-corrected chi connectivity index (χ0v) is 12.8. The number of carbonyl (C=O) groups is 1. The van der Waals surface area contributed by atoms with Crippen LogP contribution in [0.25, 0.3) is 0 Å². The quantitative estimate of drug-likeness (QED) is 0.852. The molecule has 1 amide bonds. The van der Waals surface area contributed by atoms with Gasteiger partial charge in [-0.05, 0) is 12.8 Å². The highest BCUT2D eigenvalue weighted by Crippen LogP contribution is 2.25. The van der Waals surface area contributed by atoms with Gasteiger partial charge in [-0.15, -0.1) is 0 Å². The lowest BCUT2D eigenvalue weighted by Crippen LogP contribution is -2.46. The smallest absolute Gasteiger partial charge is 0.265 e. The van der Waals surface area contributed by atoms with Crippen LogP contribution in [-0.4, -0.2) is 66.1 Å². The minimum Gasteiger partial charge on any atom is -0.379 e. The fourth-order valence-electron chi connectivity index (χ4n) is 2.87. The summed E-state index contributed by atoms with van der Waals surface area (Å²) in [5, 5.41) is 0. The lowest BCUT2D eigenvalue weighted by Gasteiger charge is -2.32. The van der Waals surface area contributed by atoms with Crippen molar-refractivity contribution in [3.63, 3.8) is 0 Å². The summed E-state index contributed by atoms with van der Waals surface area (Å²) >= 11 is 7.08. The molecular formula is C13H18ClN3O2S. The van der Waals surface area contributed by atoms with E-state index in [4.69, 9.17) is 16.3 Å². The summed E-state index contributed by atoms with van der Waals surface area (Å²) in [6.07, 6.45) is 3.74. The van der Waals surface area contributed by atoms with Crippen LogP contribution >= 0.6 is 22.9 Å². The summed E-state index contributed by atoms with van der Waals surface area (Å²) in [4.78, 5) is 21.5. The van der Waals surface area contributed by atoms with E-state index in [0.29, 0.717) is 15.4 Å². The molecule has 0 aliphatic carbocycles. The molecule has 0 aromatic carbocycles. The van der Waals surface area contributed by atoms with E-state index in [1.165, 1.54) is 11.3 Å². The van der Waals surface area contributed by atoms with Gasteiger partial charge in [-0.3, -0.25) is 9.69 Å². The fraction of sp³-hybridized carbons (Fsp3) is 0.692. The van der Waals surface area contributed by atoms with E-state index in [1.807, 2.05) is 4.90 Å². The van der Waals surface area contributed by atoms with Crippen LogP contribution in [0.5, 0.6) is 0 Å². The number of morpholine rings is 1. The molecule has 2 aliphatic heterocycles. The van der Waals surface area contributed by atoms with Gasteiger partial charge in [0, 0.05) is 32.2 Å². The number of aromatic nitrogens is 1. The Balaban J connectivity index is 1.64. The Morgan fingerprint density at radius 1 is 1.45 bits per heavy atom. The Morgan fingerprint density at radius 2 is 2.25 bits per heavy atom. The molecule has 0 bridgehead atoms. The van der Waals surface area contributed by atoms with E-state index >= 15 is 0 Å². The summed E-state index contributed by atoms with van der Waals surface area (Å²) in [5.74, 6) is 0.0742. The number of ether oxygens (including phenoxy) is 1. The number of halogens is 1. The topological polar surface area (TPSA) is 45.7 Å². The van der Waals surface area contributed by atoms with Crippen LogP contribution in [-0.2, 0) is 4.74 Å². The van der Waals surface area contributed by atoms with Crippen molar-refractivity contribution in [2.75, 3.05) is 39.4 Å². The van der Waals surface area contributed by atoms with Crippen molar-refractivity contribution in [2.45, 2.75) is 18.9 Å². The van der Waals surface area contributed by atoms with E-state index in [1.54, 1.807) is 6.20 Å². The molecule has 1 atom stereocenters. The average molecular weight is 316 g/mol. The average Bonchev–Trinajstić information content (AvgIpc) is 3.08. The van der Waals surface area contributed by atoms with Gasteiger partial charge in [-0.1, -0.05) is 22.9 Å². The zero-order chi connectivity index (χ0) is 13.9. The number of carbonyl (C=O) groups excluding carboxylic acids is 1. The van der Waals surface area contributed by atoms with Crippen LogP contribution in [0.15, 0.2) is 6.20 Å². The van der Waals surface area contributed by atoms with Crippen molar-refractivity contribution in [3.05, 3.63) is 15.5 Å². The number of hydrogen-bond donors (Lipinski definition) is 0. The summed E-state index contributed by atoms with van der Waals surface area (Å²) in [6.45, 7) is 5.30. The Kier molecular flexibility index (Phi) is 4.55. The highest BCUT2D eigenvalue weighted by molar-refractivity contribution is 7.17. The molecule has 2 aliphatic rings. The molecule has 5 nitrogen and oxygen atoms in total. The van der Waals surface area contributed by atoms with Gasteiger partial charge in [0.1, 0.15) is 4.88 Å². The lowest BCUT2D eigenvalue weighted by molar-refractivity contribution is 0.0262. The van der Waals surface area contributed by atoms with Crippen molar-refractivity contribution in [3.8, 4) is 0 Å². The Morgan fingerprint density at radius 3 is 2.95 bits per heavy atom. The first-order valence-electron chi connectivity index (χ1n) is 6.96. The van der Waals surface area contributed by atoms with Crippen LogP contribution < -0.4 is 0 Å². The molecule has 0 radical (unpaired) electrons. The Bertz CT molecular complexity index is 476. The van der Waals surface area contributed by atoms with Crippen molar-refractivity contribution in [1.82, 2.24) is 14.8 Å². The van der Waals surface area contributed by atoms with Gasteiger partial charge in [0.2, 0.25) is 0 Å². The number of likely N-dealkylation sites (tertiary alicyclic amines) is 1. The van der Waals surface area contributed by atoms with Crippen molar-refractivity contribution < 1.29 is 9.53 Å². The maximum atomic E-state index is 12.5. The molecule has 1 aromatic rings. The molecule has 1 aromatic heterocycles. The second kappa shape index (κ2) is 6.39. The summed E-state index contributed by atoms with van der Waals surface area (Å²) in [5.41, 5.74) is 0. The number of hydrogen-bond acceptors (Lipinski definition) is 5. The normalized spacial score (nSPS) is 24.2. The van der Waals surface area contributed by atoms with Crippen LogP contribution in [0.1, 0.15) is 22.5 Å². The molecule has 0 N–H and O–H groups in total. The van der Waals surface area contributed by atoms with Crippen molar-refractivity contribution >= 4 is 28.8 Å². The van der Waals surface area contributed by atoms with Crippen LogP contribution in [0.3, 0.4) is 0 Å². The molecule has 2 saturated heterocycles. The number of rotatable bonds is 3. The molecule has 110 valence electrons. The van der Waals surface area contributed by atoms with E-state index in [-0.39, 0.29) is 5.91 Å². The minimum atomic E-state index is 0.0742. The van der Waals surface area contributed by atoms with Crippen molar-refractivity contribution in [2.24, 2.45) is 0 Å². The van der Waals surface area contributed by atoms with Gasteiger partial charge in [-0.25, -0.2) is 4.98 Å². The third kappa shape index (κ3) is 3.14. The van der Waals surface area contributed by atoms with E-state index in [9.17, 15) is 4.79 Å². The minimum absolute atomic E-state index is 0.0742. The monoisotopic (exact) mass is 315 g/mol. The first-order valence-corrected chi connectivity index (χ1v) is 8.16. The second-order valence-electron chi connectivity index (χ2n) is 5.19. The maximum absolute atomic E-state index is 12.5. The van der Waals surface area contributed by atoms with Gasteiger partial charge in [-0.2, -0.15) is 0 Å². The highest BCUT2D eigenvalue weighted by Gasteiger charge is 2.31. The predicted molar refractivity (Wildman–Crippen MR) is 78.4 cm³/mol. The molecule has 0 spiro atoms. The van der Waals surface area contributed by atoms with E-state index < -0.39 is 0 Å². The number of nitrogens with zero attached hydrogens (tertiary/aromatic N) is 3. The molecule has 3 rings (SSSR count). The van der Waals surface area contributed by atoms with Gasteiger partial charge in [0.15, 0.2) is 4.47 Å². The number of thiazole rings is 1. The summed E-state index contributed by atoms with van der Waals surface area (Å²) < 4.78 is 5.80. The standard InChI is InChI=1S/C13H18ClN3O2S/c14-13-15-8-11(20-13)12(18)17-3-1-2-10(17)9-16-4-6-19-7-5-16/h8,10H,1-7,9H2. The largest absolute Gasteiger partial charge is 0.379 e. The molecule has 3 heterocycles.